The molecule has 0 spiro atoms. The van der Waals surface area contributed by atoms with Crippen LogP contribution >= 0.6 is 27.3 Å². The molecule has 78 valence electrons. The van der Waals surface area contributed by atoms with Crippen molar-refractivity contribution in [3.05, 3.63) is 3.92 Å². The van der Waals surface area contributed by atoms with Crippen molar-refractivity contribution >= 4 is 32.4 Å². The van der Waals surface area contributed by atoms with E-state index in [9.17, 15) is 0 Å². The van der Waals surface area contributed by atoms with Crippen molar-refractivity contribution in [2.75, 3.05) is 11.9 Å². The normalized spacial score (nSPS) is 20.6. The van der Waals surface area contributed by atoms with Crippen molar-refractivity contribution in [2.45, 2.75) is 32.7 Å². The van der Waals surface area contributed by atoms with Crippen LogP contribution in [0.5, 0.6) is 0 Å². The molecule has 0 bridgehead atoms. The van der Waals surface area contributed by atoms with Crippen LogP contribution in [0.3, 0.4) is 0 Å². The van der Waals surface area contributed by atoms with E-state index in [1.54, 1.807) is 11.3 Å². The van der Waals surface area contributed by atoms with Gasteiger partial charge in [-0.25, -0.2) is 0 Å². The first-order valence-corrected chi connectivity index (χ1v) is 6.36. The van der Waals surface area contributed by atoms with Crippen molar-refractivity contribution in [3.8, 4) is 0 Å². The Morgan fingerprint density at radius 2 is 2.14 bits per heavy atom. The van der Waals surface area contributed by atoms with Gasteiger partial charge in [-0.3, -0.25) is 0 Å². The molecule has 0 N–H and O–H groups in total. The minimum Gasteiger partial charge on any atom is -0.346 e. The van der Waals surface area contributed by atoms with Gasteiger partial charge >= 0.3 is 0 Å². The van der Waals surface area contributed by atoms with Gasteiger partial charge < -0.3 is 4.90 Å². The molecule has 0 aliphatic heterocycles. The van der Waals surface area contributed by atoms with Crippen LogP contribution in [-0.2, 0) is 0 Å². The molecule has 1 fully saturated rings. The fourth-order valence-corrected chi connectivity index (χ4v) is 2.72. The highest BCUT2D eigenvalue weighted by atomic mass is 79.9. The lowest BCUT2D eigenvalue weighted by Crippen LogP contribution is -2.35. The molecule has 1 saturated carbocycles. The monoisotopic (exact) mass is 275 g/mol. The van der Waals surface area contributed by atoms with Crippen LogP contribution in [0.4, 0.5) is 5.13 Å². The Labute approximate surface area is 96.7 Å². The molecule has 5 heteroatoms. The maximum atomic E-state index is 4.13. The standard InChI is InChI=1S/C9H14BrN3S/c1-6(9(2)4-5-9)13(3)8-12-11-7(10)14-8/h6H,4-5H2,1-3H3. The molecule has 1 aromatic heterocycles. The van der Waals surface area contributed by atoms with Gasteiger partial charge in [0.15, 0.2) is 3.92 Å². The predicted octanol–water partition coefficient (Wildman–Crippen LogP) is 2.93. The summed E-state index contributed by atoms with van der Waals surface area (Å²) < 4.78 is 0.854. The quantitative estimate of drug-likeness (QED) is 0.850. The van der Waals surface area contributed by atoms with E-state index in [0.717, 1.165) is 9.05 Å². The van der Waals surface area contributed by atoms with E-state index in [2.05, 4.69) is 51.9 Å². The third-order valence-corrected chi connectivity index (χ3v) is 4.77. The highest BCUT2D eigenvalue weighted by molar-refractivity contribution is 9.11. The minimum absolute atomic E-state index is 0.493. The summed E-state index contributed by atoms with van der Waals surface area (Å²) in [7, 11) is 2.10. The Bertz CT molecular complexity index is 335. The average molecular weight is 276 g/mol. The second-order valence-corrected chi connectivity index (χ2v) is 6.51. The molecule has 1 atom stereocenters. The number of hydrogen-bond acceptors (Lipinski definition) is 4. The Kier molecular flexibility index (Phi) is 2.55. The van der Waals surface area contributed by atoms with Crippen molar-refractivity contribution in [1.29, 1.82) is 0 Å². The minimum atomic E-state index is 0.493. The molecule has 1 heterocycles. The van der Waals surface area contributed by atoms with Gasteiger partial charge in [-0.15, -0.1) is 10.2 Å². The summed E-state index contributed by atoms with van der Waals surface area (Å²) >= 11 is 4.92. The second-order valence-electron chi connectivity index (χ2n) is 4.28. The highest BCUT2D eigenvalue weighted by Crippen LogP contribution is 2.50. The molecule has 1 aromatic rings. The summed E-state index contributed by atoms with van der Waals surface area (Å²) in [4.78, 5) is 2.23. The molecule has 14 heavy (non-hydrogen) atoms. The second kappa shape index (κ2) is 3.45. The highest BCUT2D eigenvalue weighted by Gasteiger charge is 2.44. The largest absolute Gasteiger partial charge is 0.346 e. The lowest BCUT2D eigenvalue weighted by Gasteiger charge is -2.29. The first-order chi connectivity index (χ1) is 6.53. The van der Waals surface area contributed by atoms with Crippen LogP contribution in [0.2, 0.25) is 0 Å². The van der Waals surface area contributed by atoms with Crippen LogP contribution in [0.1, 0.15) is 26.7 Å². The first kappa shape index (κ1) is 10.4. The maximum absolute atomic E-state index is 4.13. The molecular weight excluding hydrogens is 262 g/mol. The zero-order valence-corrected chi connectivity index (χ0v) is 11.0. The van der Waals surface area contributed by atoms with Crippen LogP contribution in [0, 0.1) is 5.41 Å². The van der Waals surface area contributed by atoms with Gasteiger partial charge in [0.05, 0.1) is 0 Å². The smallest absolute Gasteiger partial charge is 0.209 e. The number of nitrogens with zero attached hydrogens (tertiary/aromatic N) is 3. The molecule has 0 aromatic carbocycles. The molecule has 3 nitrogen and oxygen atoms in total. The molecule has 1 unspecified atom stereocenters. The maximum Gasteiger partial charge on any atom is 0.209 e. The molecule has 0 radical (unpaired) electrons. The Hall–Kier alpha value is -0.160. The summed E-state index contributed by atoms with van der Waals surface area (Å²) in [6, 6.07) is 0.544. The van der Waals surface area contributed by atoms with Crippen LogP contribution in [0.25, 0.3) is 0 Å². The number of hydrogen-bond donors (Lipinski definition) is 0. The summed E-state index contributed by atoms with van der Waals surface area (Å²) in [6.45, 7) is 4.60. The van der Waals surface area contributed by atoms with Crippen LogP contribution in [0.15, 0.2) is 3.92 Å². The van der Waals surface area contributed by atoms with Gasteiger partial charge in [-0.05, 0) is 41.1 Å². The van der Waals surface area contributed by atoms with Gasteiger partial charge in [0.25, 0.3) is 0 Å². The third-order valence-electron chi connectivity index (χ3n) is 3.32. The summed E-state index contributed by atoms with van der Waals surface area (Å²) in [5, 5.41) is 9.09. The van der Waals surface area contributed by atoms with E-state index < -0.39 is 0 Å². The molecule has 0 saturated heterocycles. The first-order valence-electron chi connectivity index (χ1n) is 4.75. The zero-order chi connectivity index (χ0) is 10.3. The van der Waals surface area contributed by atoms with E-state index in [-0.39, 0.29) is 0 Å². The number of anilines is 1. The Morgan fingerprint density at radius 1 is 1.50 bits per heavy atom. The molecule has 0 amide bonds. The Balaban J connectivity index is 2.11. The molecular formula is C9H14BrN3S. The van der Waals surface area contributed by atoms with E-state index >= 15 is 0 Å². The van der Waals surface area contributed by atoms with Gasteiger partial charge in [0, 0.05) is 13.1 Å². The van der Waals surface area contributed by atoms with Crippen molar-refractivity contribution in [2.24, 2.45) is 5.41 Å². The van der Waals surface area contributed by atoms with E-state index in [1.165, 1.54) is 12.8 Å². The molecule has 2 rings (SSSR count). The predicted molar refractivity (Wildman–Crippen MR) is 62.8 cm³/mol. The van der Waals surface area contributed by atoms with Crippen molar-refractivity contribution < 1.29 is 0 Å². The summed E-state index contributed by atoms with van der Waals surface area (Å²) in [5.74, 6) is 0. The van der Waals surface area contributed by atoms with Crippen molar-refractivity contribution in [3.63, 3.8) is 0 Å². The summed E-state index contributed by atoms with van der Waals surface area (Å²) in [6.07, 6.45) is 2.66. The number of halogens is 1. The topological polar surface area (TPSA) is 29.0 Å². The van der Waals surface area contributed by atoms with Crippen LogP contribution in [-0.4, -0.2) is 23.3 Å². The number of aromatic nitrogens is 2. The SMILES string of the molecule is CC(N(C)c1nnc(Br)s1)C1(C)CC1. The lowest BCUT2D eigenvalue weighted by molar-refractivity contribution is 0.446. The number of rotatable bonds is 3. The third kappa shape index (κ3) is 1.80. The van der Waals surface area contributed by atoms with E-state index in [0.29, 0.717) is 11.5 Å². The van der Waals surface area contributed by atoms with Gasteiger partial charge in [-0.1, -0.05) is 18.3 Å². The Morgan fingerprint density at radius 3 is 2.57 bits per heavy atom. The van der Waals surface area contributed by atoms with E-state index in [4.69, 9.17) is 0 Å². The van der Waals surface area contributed by atoms with E-state index in [1.807, 2.05) is 0 Å². The van der Waals surface area contributed by atoms with Gasteiger partial charge in [0.1, 0.15) is 0 Å². The summed E-state index contributed by atoms with van der Waals surface area (Å²) in [5.41, 5.74) is 0.493. The van der Waals surface area contributed by atoms with Gasteiger partial charge in [0.2, 0.25) is 5.13 Å². The lowest BCUT2D eigenvalue weighted by atomic mass is 10.0. The average Bonchev–Trinajstić information content (AvgIpc) is 2.75. The fraction of sp³-hybridized carbons (Fsp3) is 0.778. The fourth-order valence-electron chi connectivity index (χ4n) is 1.59. The molecule has 1 aliphatic rings. The zero-order valence-electron chi connectivity index (χ0n) is 8.62. The van der Waals surface area contributed by atoms with Crippen molar-refractivity contribution in [1.82, 2.24) is 10.2 Å². The van der Waals surface area contributed by atoms with Gasteiger partial charge in [-0.2, -0.15) is 0 Å². The molecule has 1 aliphatic carbocycles. The van der Waals surface area contributed by atoms with Crippen LogP contribution < -0.4 is 4.90 Å².